The molecule has 0 bridgehead atoms. The predicted octanol–water partition coefficient (Wildman–Crippen LogP) is 1.40. The molecular formula is C13H24N2O2. The van der Waals surface area contributed by atoms with Crippen LogP contribution in [0.25, 0.3) is 0 Å². The Morgan fingerprint density at radius 1 is 1.29 bits per heavy atom. The van der Waals surface area contributed by atoms with Crippen LogP contribution in [0.5, 0.6) is 0 Å². The van der Waals surface area contributed by atoms with Gasteiger partial charge in [-0.1, -0.05) is 20.8 Å². The molecule has 1 rings (SSSR count). The SMILES string of the molecule is CC(C)C(C)CN1C(=O)C(C)(C)NC(=O)C1C. The van der Waals surface area contributed by atoms with Crippen LogP contribution in [-0.2, 0) is 9.59 Å². The predicted molar refractivity (Wildman–Crippen MR) is 67.4 cm³/mol. The van der Waals surface area contributed by atoms with E-state index >= 15 is 0 Å². The summed E-state index contributed by atoms with van der Waals surface area (Å²) in [5.41, 5.74) is -0.777. The van der Waals surface area contributed by atoms with Crippen molar-refractivity contribution in [3.63, 3.8) is 0 Å². The van der Waals surface area contributed by atoms with Gasteiger partial charge in [0, 0.05) is 6.54 Å². The Labute approximate surface area is 104 Å². The van der Waals surface area contributed by atoms with Crippen molar-refractivity contribution in [2.75, 3.05) is 6.54 Å². The number of hydrogen-bond acceptors (Lipinski definition) is 2. The van der Waals surface area contributed by atoms with Crippen LogP contribution in [0.15, 0.2) is 0 Å². The van der Waals surface area contributed by atoms with E-state index in [0.717, 1.165) is 0 Å². The molecule has 4 nitrogen and oxygen atoms in total. The van der Waals surface area contributed by atoms with Crippen molar-refractivity contribution >= 4 is 11.8 Å². The molecule has 1 N–H and O–H groups in total. The summed E-state index contributed by atoms with van der Waals surface area (Å²) in [4.78, 5) is 25.8. The second-order valence-corrected chi connectivity index (χ2v) is 5.97. The van der Waals surface area contributed by atoms with E-state index in [4.69, 9.17) is 0 Å². The molecule has 0 aromatic rings. The van der Waals surface area contributed by atoms with E-state index in [1.807, 2.05) is 0 Å². The molecule has 0 aromatic heterocycles. The lowest BCUT2D eigenvalue weighted by Gasteiger charge is -2.43. The molecule has 1 saturated heterocycles. The van der Waals surface area contributed by atoms with Crippen molar-refractivity contribution < 1.29 is 9.59 Å². The molecule has 1 heterocycles. The first kappa shape index (κ1) is 14.0. The van der Waals surface area contributed by atoms with Crippen LogP contribution in [0.4, 0.5) is 0 Å². The van der Waals surface area contributed by atoms with Gasteiger partial charge in [-0.3, -0.25) is 9.59 Å². The monoisotopic (exact) mass is 240 g/mol. The number of hydrogen-bond donors (Lipinski definition) is 1. The minimum Gasteiger partial charge on any atom is -0.340 e. The van der Waals surface area contributed by atoms with E-state index < -0.39 is 5.54 Å². The van der Waals surface area contributed by atoms with Crippen LogP contribution in [0.2, 0.25) is 0 Å². The van der Waals surface area contributed by atoms with E-state index in [-0.39, 0.29) is 17.9 Å². The molecule has 17 heavy (non-hydrogen) atoms. The minimum atomic E-state index is -0.777. The molecule has 4 heteroatoms. The first-order valence-corrected chi connectivity index (χ1v) is 6.30. The summed E-state index contributed by atoms with van der Waals surface area (Å²) in [5, 5.41) is 2.76. The average molecular weight is 240 g/mol. The first-order valence-electron chi connectivity index (χ1n) is 6.30. The standard InChI is InChI=1S/C13H24N2O2/c1-8(2)9(3)7-15-10(4)11(16)14-13(5,6)12(15)17/h8-10H,7H2,1-6H3,(H,14,16). The maximum absolute atomic E-state index is 12.3. The van der Waals surface area contributed by atoms with Gasteiger partial charge in [-0.05, 0) is 32.6 Å². The zero-order chi connectivity index (χ0) is 13.4. The maximum atomic E-state index is 12.3. The van der Waals surface area contributed by atoms with E-state index in [0.29, 0.717) is 18.4 Å². The third-order valence-electron chi connectivity index (χ3n) is 3.70. The highest BCUT2D eigenvalue weighted by atomic mass is 16.2. The molecule has 0 aromatic carbocycles. The van der Waals surface area contributed by atoms with Crippen molar-refractivity contribution in [3.8, 4) is 0 Å². The van der Waals surface area contributed by atoms with Crippen LogP contribution in [0.1, 0.15) is 41.5 Å². The second-order valence-electron chi connectivity index (χ2n) is 5.97. The fraction of sp³-hybridized carbons (Fsp3) is 0.846. The molecule has 0 spiro atoms. The van der Waals surface area contributed by atoms with Gasteiger partial charge >= 0.3 is 0 Å². The smallest absolute Gasteiger partial charge is 0.248 e. The minimum absolute atomic E-state index is 0.0112. The van der Waals surface area contributed by atoms with E-state index in [1.54, 1.807) is 25.7 Å². The van der Waals surface area contributed by atoms with Gasteiger partial charge in [-0.2, -0.15) is 0 Å². The molecule has 2 unspecified atom stereocenters. The summed E-state index contributed by atoms with van der Waals surface area (Å²) < 4.78 is 0. The van der Waals surface area contributed by atoms with Crippen molar-refractivity contribution in [2.45, 2.75) is 53.1 Å². The Kier molecular flexibility index (Phi) is 3.84. The number of nitrogens with zero attached hydrogens (tertiary/aromatic N) is 1. The number of nitrogens with one attached hydrogen (secondary N) is 1. The van der Waals surface area contributed by atoms with Gasteiger partial charge in [0.2, 0.25) is 11.8 Å². The van der Waals surface area contributed by atoms with Gasteiger partial charge in [0.1, 0.15) is 11.6 Å². The molecule has 2 atom stereocenters. The molecule has 1 aliphatic heterocycles. The number of piperazine rings is 1. The van der Waals surface area contributed by atoms with Crippen LogP contribution in [0, 0.1) is 11.8 Å². The Hall–Kier alpha value is -1.06. The summed E-state index contributed by atoms with van der Waals surface area (Å²) >= 11 is 0. The van der Waals surface area contributed by atoms with Crippen LogP contribution >= 0.6 is 0 Å². The molecule has 0 aliphatic carbocycles. The van der Waals surface area contributed by atoms with Crippen molar-refractivity contribution in [2.24, 2.45) is 11.8 Å². The Balaban J connectivity index is 2.87. The van der Waals surface area contributed by atoms with Crippen molar-refractivity contribution in [1.29, 1.82) is 0 Å². The van der Waals surface area contributed by atoms with Gasteiger partial charge in [-0.25, -0.2) is 0 Å². The Bertz CT molecular complexity index is 323. The molecule has 1 fully saturated rings. The highest BCUT2D eigenvalue weighted by Gasteiger charge is 2.43. The average Bonchev–Trinajstić information content (AvgIpc) is 2.20. The second kappa shape index (κ2) is 4.67. The number of amides is 2. The normalized spacial score (nSPS) is 26.1. The van der Waals surface area contributed by atoms with Gasteiger partial charge in [-0.15, -0.1) is 0 Å². The summed E-state index contributed by atoms with van der Waals surface area (Å²) in [6.07, 6.45) is 0. The number of carbonyl (C=O) groups excluding carboxylic acids is 2. The van der Waals surface area contributed by atoms with E-state index in [2.05, 4.69) is 26.1 Å². The third-order valence-corrected chi connectivity index (χ3v) is 3.70. The summed E-state index contributed by atoms with van der Waals surface area (Å²) in [7, 11) is 0. The Morgan fingerprint density at radius 3 is 2.29 bits per heavy atom. The van der Waals surface area contributed by atoms with Crippen molar-refractivity contribution in [1.82, 2.24) is 10.2 Å². The fourth-order valence-electron chi connectivity index (χ4n) is 1.90. The zero-order valence-corrected chi connectivity index (χ0v) is 11.7. The fourth-order valence-corrected chi connectivity index (χ4v) is 1.90. The number of rotatable bonds is 3. The van der Waals surface area contributed by atoms with Gasteiger partial charge in [0.05, 0.1) is 0 Å². The van der Waals surface area contributed by atoms with Crippen molar-refractivity contribution in [3.05, 3.63) is 0 Å². The molecule has 2 amide bonds. The zero-order valence-electron chi connectivity index (χ0n) is 11.7. The topological polar surface area (TPSA) is 49.4 Å². The largest absolute Gasteiger partial charge is 0.340 e. The summed E-state index contributed by atoms with van der Waals surface area (Å²) in [6, 6.07) is -0.364. The summed E-state index contributed by atoms with van der Waals surface area (Å²) in [6.45, 7) is 12.3. The molecule has 98 valence electrons. The lowest BCUT2D eigenvalue weighted by atomic mass is 9.92. The van der Waals surface area contributed by atoms with Gasteiger partial charge in [0.15, 0.2) is 0 Å². The highest BCUT2D eigenvalue weighted by molar-refractivity contribution is 5.99. The van der Waals surface area contributed by atoms with Crippen LogP contribution < -0.4 is 5.32 Å². The van der Waals surface area contributed by atoms with E-state index in [1.165, 1.54) is 0 Å². The maximum Gasteiger partial charge on any atom is 0.248 e. The molecule has 1 aliphatic rings. The lowest BCUT2D eigenvalue weighted by molar-refractivity contribution is -0.153. The lowest BCUT2D eigenvalue weighted by Crippen LogP contribution is -2.67. The highest BCUT2D eigenvalue weighted by Crippen LogP contribution is 2.21. The van der Waals surface area contributed by atoms with Gasteiger partial charge in [0.25, 0.3) is 0 Å². The van der Waals surface area contributed by atoms with E-state index in [9.17, 15) is 9.59 Å². The van der Waals surface area contributed by atoms with Crippen LogP contribution in [0.3, 0.4) is 0 Å². The van der Waals surface area contributed by atoms with Gasteiger partial charge < -0.3 is 10.2 Å². The summed E-state index contributed by atoms with van der Waals surface area (Å²) in [5.74, 6) is 0.842. The molecular weight excluding hydrogens is 216 g/mol. The molecule has 0 radical (unpaired) electrons. The Morgan fingerprint density at radius 2 is 1.82 bits per heavy atom. The molecule has 0 saturated carbocycles. The first-order chi connectivity index (χ1) is 7.66. The quantitative estimate of drug-likeness (QED) is 0.810. The number of carbonyl (C=O) groups is 2. The van der Waals surface area contributed by atoms with Crippen LogP contribution in [-0.4, -0.2) is 34.8 Å². The third kappa shape index (κ3) is 2.79.